The number of pyridine rings is 1. The molecule has 1 fully saturated rings. The van der Waals surface area contributed by atoms with Gasteiger partial charge in [0.05, 0.1) is 18.0 Å². The molecule has 2 atom stereocenters. The molecule has 1 saturated heterocycles. The van der Waals surface area contributed by atoms with Gasteiger partial charge in [0.25, 0.3) is 0 Å². The third-order valence-corrected chi connectivity index (χ3v) is 5.02. The monoisotopic (exact) mass is 349 g/mol. The topological polar surface area (TPSA) is 41.3 Å². The average molecular weight is 349 g/mol. The Morgan fingerprint density at radius 1 is 1.08 bits per heavy atom. The molecule has 0 aliphatic carbocycles. The Hall–Kier alpha value is -2.66. The van der Waals surface area contributed by atoms with Crippen molar-refractivity contribution >= 4 is 23.0 Å². The SMILES string of the molecule is Cc1ccc(N2C(=S)N[C@@H](c3ccccn3)[C@H]2c2ccco2)cc1C. The van der Waals surface area contributed by atoms with Gasteiger partial charge in [-0.1, -0.05) is 12.1 Å². The lowest BCUT2D eigenvalue weighted by Crippen LogP contribution is -2.29. The maximum Gasteiger partial charge on any atom is 0.174 e. The Morgan fingerprint density at radius 3 is 2.64 bits per heavy atom. The number of anilines is 1. The summed E-state index contributed by atoms with van der Waals surface area (Å²) in [6.07, 6.45) is 3.50. The van der Waals surface area contributed by atoms with Gasteiger partial charge in [-0.05, 0) is 73.6 Å². The molecule has 0 spiro atoms. The molecule has 3 heterocycles. The van der Waals surface area contributed by atoms with E-state index in [9.17, 15) is 0 Å². The Balaban J connectivity index is 1.82. The summed E-state index contributed by atoms with van der Waals surface area (Å²) in [4.78, 5) is 6.65. The fraction of sp³-hybridized carbons (Fsp3) is 0.200. The van der Waals surface area contributed by atoms with E-state index in [1.807, 2.05) is 30.3 Å². The van der Waals surface area contributed by atoms with E-state index in [4.69, 9.17) is 16.6 Å². The predicted octanol–water partition coefficient (Wildman–Crippen LogP) is 4.47. The van der Waals surface area contributed by atoms with E-state index in [0.29, 0.717) is 5.11 Å². The second kappa shape index (κ2) is 6.33. The van der Waals surface area contributed by atoms with Crippen LogP contribution in [0.4, 0.5) is 5.69 Å². The van der Waals surface area contributed by atoms with Crippen LogP contribution in [-0.2, 0) is 0 Å². The molecule has 0 bridgehead atoms. The number of aryl methyl sites for hydroxylation is 2. The van der Waals surface area contributed by atoms with Gasteiger partial charge in [0.2, 0.25) is 0 Å². The molecule has 1 aliphatic heterocycles. The molecule has 0 radical (unpaired) electrons. The van der Waals surface area contributed by atoms with Crippen LogP contribution in [0.2, 0.25) is 0 Å². The normalized spacial score (nSPS) is 19.9. The molecule has 2 aromatic heterocycles. The highest BCUT2D eigenvalue weighted by atomic mass is 32.1. The summed E-state index contributed by atoms with van der Waals surface area (Å²) in [7, 11) is 0. The van der Waals surface area contributed by atoms with Gasteiger partial charge >= 0.3 is 0 Å². The first-order valence-corrected chi connectivity index (χ1v) is 8.67. The largest absolute Gasteiger partial charge is 0.467 e. The first-order valence-electron chi connectivity index (χ1n) is 8.26. The number of hydrogen-bond acceptors (Lipinski definition) is 3. The molecule has 25 heavy (non-hydrogen) atoms. The van der Waals surface area contributed by atoms with Crippen LogP contribution in [0.25, 0.3) is 0 Å². The van der Waals surface area contributed by atoms with Crippen molar-refractivity contribution in [2.45, 2.75) is 25.9 Å². The molecule has 1 aromatic carbocycles. The van der Waals surface area contributed by atoms with E-state index in [1.165, 1.54) is 11.1 Å². The molecular weight excluding hydrogens is 330 g/mol. The van der Waals surface area contributed by atoms with Crippen LogP contribution in [0.1, 0.15) is 34.7 Å². The minimum absolute atomic E-state index is 0.0681. The number of furan rings is 1. The Bertz CT molecular complexity index is 893. The van der Waals surface area contributed by atoms with E-state index in [0.717, 1.165) is 17.1 Å². The van der Waals surface area contributed by atoms with E-state index in [-0.39, 0.29) is 12.1 Å². The van der Waals surface area contributed by atoms with Crippen LogP contribution >= 0.6 is 12.2 Å². The van der Waals surface area contributed by atoms with Crippen LogP contribution in [-0.4, -0.2) is 10.1 Å². The van der Waals surface area contributed by atoms with Crippen LogP contribution in [0.5, 0.6) is 0 Å². The number of benzene rings is 1. The third kappa shape index (κ3) is 2.81. The van der Waals surface area contributed by atoms with Gasteiger partial charge in [-0.15, -0.1) is 0 Å². The van der Waals surface area contributed by atoms with Crippen LogP contribution in [0, 0.1) is 13.8 Å². The van der Waals surface area contributed by atoms with Crippen molar-refractivity contribution in [1.82, 2.24) is 10.3 Å². The summed E-state index contributed by atoms with van der Waals surface area (Å²) in [5.41, 5.74) is 4.50. The Kier molecular flexibility index (Phi) is 4.01. The standard InChI is InChI=1S/C20H19N3OS/c1-13-8-9-15(12-14(13)2)23-19(17-7-5-11-24-17)18(22-20(23)25)16-6-3-4-10-21-16/h3-12,18-19H,1-2H3,(H,22,25)/t18-,19+/m0/s1. The zero-order valence-electron chi connectivity index (χ0n) is 14.1. The summed E-state index contributed by atoms with van der Waals surface area (Å²) in [5.74, 6) is 0.862. The van der Waals surface area contributed by atoms with Gasteiger partial charge in [-0.3, -0.25) is 4.98 Å². The molecule has 0 amide bonds. The number of rotatable bonds is 3. The molecule has 4 rings (SSSR count). The maximum absolute atomic E-state index is 5.75. The quantitative estimate of drug-likeness (QED) is 0.707. The highest BCUT2D eigenvalue weighted by Crippen LogP contribution is 2.41. The fourth-order valence-electron chi connectivity index (χ4n) is 3.26. The lowest BCUT2D eigenvalue weighted by atomic mass is 10.0. The summed E-state index contributed by atoms with van der Waals surface area (Å²) in [5, 5.41) is 4.11. The maximum atomic E-state index is 5.75. The molecule has 1 N–H and O–H groups in total. The average Bonchev–Trinajstić information content (AvgIpc) is 3.25. The zero-order chi connectivity index (χ0) is 17.4. The van der Waals surface area contributed by atoms with E-state index < -0.39 is 0 Å². The second-order valence-electron chi connectivity index (χ2n) is 6.28. The Morgan fingerprint density at radius 2 is 1.96 bits per heavy atom. The molecule has 3 aromatic rings. The van der Waals surface area contributed by atoms with Gasteiger partial charge in [-0.25, -0.2) is 0 Å². The van der Waals surface area contributed by atoms with Gasteiger partial charge < -0.3 is 14.6 Å². The molecule has 1 aliphatic rings. The highest BCUT2D eigenvalue weighted by Gasteiger charge is 2.42. The van der Waals surface area contributed by atoms with Crippen molar-refractivity contribution in [3.05, 3.63) is 83.6 Å². The lowest BCUT2D eigenvalue weighted by Gasteiger charge is -2.26. The van der Waals surface area contributed by atoms with Gasteiger partial charge in [-0.2, -0.15) is 0 Å². The van der Waals surface area contributed by atoms with E-state index in [2.05, 4.69) is 47.2 Å². The highest BCUT2D eigenvalue weighted by molar-refractivity contribution is 7.80. The number of nitrogens with one attached hydrogen (secondary N) is 1. The summed E-state index contributed by atoms with van der Waals surface area (Å²) in [6, 6.07) is 16.1. The van der Waals surface area contributed by atoms with Crippen LogP contribution in [0.3, 0.4) is 0 Å². The fourth-order valence-corrected chi connectivity index (χ4v) is 3.60. The molecule has 5 heteroatoms. The van der Waals surface area contributed by atoms with Crippen molar-refractivity contribution in [3.63, 3.8) is 0 Å². The summed E-state index contributed by atoms with van der Waals surface area (Å²) >= 11 is 5.67. The van der Waals surface area contributed by atoms with Gasteiger partial charge in [0, 0.05) is 11.9 Å². The molecule has 4 nitrogen and oxygen atoms in total. The number of aromatic nitrogens is 1. The van der Waals surface area contributed by atoms with E-state index in [1.54, 1.807) is 12.5 Å². The van der Waals surface area contributed by atoms with Crippen molar-refractivity contribution in [1.29, 1.82) is 0 Å². The van der Waals surface area contributed by atoms with Crippen molar-refractivity contribution in [3.8, 4) is 0 Å². The minimum atomic E-state index is -0.0838. The lowest BCUT2D eigenvalue weighted by molar-refractivity contribution is 0.432. The van der Waals surface area contributed by atoms with Crippen molar-refractivity contribution in [2.75, 3.05) is 4.90 Å². The molecule has 0 saturated carbocycles. The number of nitrogens with zero attached hydrogens (tertiary/aromatic N) is 2. The number of hydrogen-bond donors (Lipinski definition) is 1. The van der Waals surface area contributed by atoms with Crippen LogP contribution < -0.4 is 10.2 Å². The molecule has 0 unspecified atom stereocenters. The van der Waals surface area contributed by atoms with Gasteiger partial charge in [0.1, 0.15) is 11.8 Å². The van der Waals surface area contributed by atoms with Crippen molar-refractivity contribution in [2.24, 2.45) is 0 Å². The van der Waals surface area contributed by atoms with E-state index >= 15 is 0 Å². The first kappa shape index (κ1) is 15.8. The summed E-state index contributed by atoms with van der Waals surface area (Å²) < 4.78 is 5.75. The zero-order valence-corrected chi connectivity index (χ0v) is 15.0. The minimum Gasteiger partial charge on any atom is -0.467 e. The third-order valence-electron chi connectivity index (χ3n) is 4.70. The van der Waals surface area contributed by atoms with Gasteiger partial charge in [0.15, 0.2) is 5.11 Å². The van der Waals surface area contributed by atoms with Crippen LogP contribution in [0.15, 0.2) is 65.4 Å². The Labute approximate surface area is 152 Å². The predicted molar refractivity (Wildman–Crippen MR) is 103 cm³/mol. The smallest absolute Gasteiger partial charge is 0.174 e. The summed E-state index contributed by atoms with van der Waals surface area (Å²) in [6.45, 7) is 4.23. The first-order chi connectivity index (χ1) is 12.1. The second-order valence-corrected chi connectivity index (χ2v) is 6.67. The van der Waals surface area contributed by atoms with Crippen molar-refractivity contribution < 1.29 is 4.42 Å². The number of thiocarbonyl (C=S) groups is 1. The molecular formula is C20H19N3OS. The molecule has 126 valence electrons.